The van der Waals surface area contributed by atoms with Crippen molar-refractivity contribution in [3.8, 4) is 0 Å². The number of likely N-dealkylation sites (N-methyl/N-ethyl adjacent to an activating group) is 1. The predicted octanol–water partition coefficient (Wildman–Crippen LogP) is 3.55. The topological polar surface area (TPSA) is 149 Å². The number of aromatic nitrogens is 2. The van der Waals surface area contributed by atoms with Crippen LogP contribution in [0.15, 0.2) is 66.9 Å². The summed E-state index contributed by atoms with van der Waals surface area (Å²) >= 11 is 0. The number of rotatable bonds is 12. The molecule has 3 amide bonds. The number of hydrogen-bond acceptors (Lipinski definition) is 9. The third-order valence-corrected chi connectivity index (χ3v) is 7.01. The molecule has 0 spiro atoms. The highest BCUT2D eigenvalue weighted by Crippen LogP contribution is 2.24. The van der Waals surface area contributed by atoms with E-state index in [4.69, 9.17) is 5.73 Å². The van der Waals surface area contributed by atoms with Gasteiger partial charge in [-0.2, -0.15) is 4.98 Å². The van der Waals surface area contributed by atoms with Crippen molar-refractivity contribution in [3.63, 3.8) is 0 Å². The minimum Gasteiger partial charge on any atom is -0.370 e. The molecule has 12 heteroatoms. The maximum absolute atomic E-state index is 13.4. The Hall–Kier alpha value is -4.97. The maximum atomic E-state index is 13.4. The molecule has 1 aromatic heterocycles. The van der Waals surface area contributed by atoms with Crippen LogP contribution < -0.4 is 26.6 Å². The van der Waals surface area contributed by atoms with Gasteiger partial charge in [-0.15, -0.1) is 0 Å². The summed E-state index contributed by atoms with van der Waals surface area (Å²) in [7, 11) is 3.94. The van der Waals surface area contributed by atoms with Crippen LogP contribution in [0.1, 0.15) is 40.5 Å². The highest BCUT2D eigenvalue weighted by molar-refractivity contribution is 6.07. The minimum absolute atomic E-state index is 0.0339. The van der Waals surface area contributed by atoms with E-state index in [1.807, 2.05) is 61.2 Å². The van der Waals surface area contributed by atoms with E-state index in [0.29, 0.717) is 60.4 Å². The van der Waals surface area contributed by atoms with Crippen LogP contribution in [-0.2, 0) is 4.79 Å². The lowest BCUT2D eigenvalue weighted by Crippen LogP contribution is -2.34. The van der Waals surface area contributed by atoms with Gasteiger partial charge in [-0.1, -0.05) is 19.1 Å². The molecule has 0 saturated carbocycles. The number of carbonyl (C=O) groups is 3. The quantitative estimate of drug-likeness (QED) is 0.229. The third-order valence-electron chi connectivity index (χ3n) is 7.01. The zero-order chi connectivity index (χ0) is 31.5. The van der Waals surface area contributed by atoms with Crippen LogP contribution in [0.3, 0.4) is 0 Å². The van der Waals surface area contributed by atoms with E-state index < -0.39 is 5.91 Å². The Balaban J connectivity index is 1.43. The van der Waals surface area contributed by atoms with Crippen molar-refractivity contribution < 1.29 is 14.4 Å². The minimum atomic E-state index is -0.506. The molecule has 1 fully saturated rings. The molecule has 2 heterocycles. The molecule has 0 atom stereocenters. The fraction of sp³-hybridized carbons (Fsp3) is 0.344. The lowest BCUT2D eigenvalue weighted by molar-refractivity contribution is -0.125. The lowest BCUT2D eigenvalue weighted by Gasteiger charge is -2.24. The zero-order valence-corrected chi connectivity index (χ0v) is 25.5. The summed E-state index contributed by atoms with van der Waals surface area (Å²) in [6, 6.07) is 14.4. The van der Waals surface area contributed by atoms with Crippen LogP contribution in [0.5, 0.6) is 0 Å². The highest BCUT2D eigenvalue weighted by Gasteiger charge is 2.19. The van der Waals surface area contributed by atoms with E-state index >= 15 is 0 Å². The molecule has 232 valence electrons. The third kappa shape index (κ3) is 9.01. The van der Waals surface area contributed by atoms with Crippen molar-refractivity contribution in [1.29, 1.82) is 0 Å². The van der Waals surface area contributed by atoms with Gasteiger partial charge in [-0.05, 0) is 69.4 Å². The van der Waals surface area contributed by atoms with Crippen molar-refractivity contribution in [2.24, 2.45) is 5.73 Å². The molecule has 5 N–H and O–H groups in total. The molecule has 44 heavy (non-hydrogen) atoms. The molecular formula is C32H41N9O3. The van der Waals surface area contributed by atoms with Crippen molar-refractivity contribution >= 4 is 46.5 Å². The first-order valence-corrected chi connectivity index (χ1v) is 14.8. The monoisotopic (exact) mass is 599 g/mol. The first-order chi connectivity index (χ1) is 21.2. The van der Waals surface area contributed by atoms with Gasteiger partial charge in [0.15, 0.2) is 0 Å². The molecule has 0 aliphatic carbocycles. The highest BCUT2D eigenvalue weighted by atomic mass is 16.2. The summed E-state index contributed by atoms with van der Waals surface area (Å²) in [5.41, 5.74) is 8.33. The maximum Gasteiger partial charge on any atom is 0.260 e. The van der Waals surface area contributed by atoms with Crippen LogP contribution in [-0.4, -0.2) is 90.9 Å². The summed E-state index contributed by atoms with van der Waals surface area (Å²) in [5, 5.41) is 9.30. The lowest BCUT2D eigenvalue weighted by atomic mass is 10.2. The number of anilines is 5. The largest absolute Gasteiger partial charge is 0.370 e. The Morgan fingerprint density at radius 1 is 1.02 bits per heavy atom. The van der Waals surface area contributed by atoms with Crippen molar-refractivity contribution in [1.82, 2.24) is 19.8 Å². The average molecular weight is 600 g/mol. The van der Waals surface area contributed by atoms with Gasteiger partial charge in [0.2, 0.25) is 17.8 Å². The molecule has 12 nitrogen and oxygen atoms in total. The Kier molecular flexibility index (Phi) is 11.2. The van der Waals surface area contributed by atoms with Gasteiger partial charge in [0.05, 0.1) is 0 Å². The Morgan fingerprint density at radius 3 is 2.55 bits per heavy atom. The van der Waals surface area contributed by atoms with Gasteiger partial charge < -0.3 is 36.4 Å². The van der Waals surface area contributed by atoms with Gasteiger partial charge in [0.1, 0.15) is 11.4 Å². The molecule has 1 aliphatic heterocycles. The molecule has 3 aromatic rings. The smallest absolute Gasteiger partial charge is 0.260 e. The first kappa shape index (κ1) is 32.0. The summed E-state index contributed by atoms with van der Waals surface area (Å²) in [5.74, 6) is -0.102. The van der Waals surface area contributed by atoms with E-state index in [1.165, 1.54) is 6.20 Å². The summed E-state index contributed by atoms with van der Waals surface area (Å²) in [6.07, 6.45) is 6.72. The average Bonchev–Trinajstić information content (AvgIpc) is 3.27. The van der Waals surface area contributed by atoms with E-state index in [-0.39, 0.29) is 11.8 Å². The summed E-state index contributed by atoms with van der Waals surface area (Å²) in [6.45, 7) is 6.21. The van der Waals surface area contributed by atoms with Crippen LogP contribution in [0.4, 0.5) is 28.8 Å². The molecule has 1 saturated heterocycles. The predicted molar refractivity (Wildman–Crippen MR) is 175 cm³/mol. The van der Waals surface area contributed by atoms with E-state index in [0.717, 1.165) is 31.6 Å². The van der Waals surface area contributed by atoms with Crippen molar-refractivity contribution in [2.45, 2.75) is 19.8 Å². The van der Waals surface area contributed by atoms with Crippen LogP contribution in [0.25, 0.3) is 0 Å². The number of nitrogens with zero attached hydrogens (tertiary/aromatic N) is 5. The van der Waals surface area contributed by atoms with Crippen molar-refractivity contribution in [2.75, 3.05) is 74.2 Å². The molecule has 0 bridgehead atoms. The number of primary amides is 1. The Morgan fingerprint density at radius 2 is 1.82 bits per heavy atom. The van der Waals surface area contributed by atoms with Crippen LogP contribution in [0.2, 0.25) is 0 Å². The fourth-order valence-corrected chi connectivity index (χ4v) is 4.68. The molecule has 2 aromatic carbocycles. The van der Waals surface area contributed by atoms with E-state index in [2.05, 4.69) is 30.8 Å². The molecular weight excluding hydrogens is 558 g/mol. The molecule has 4 rings (SSSR count). The number of nitrogens with one attached hydrogen (secondary N) is 3. The van der Waals surface area contributed by atoms with Crippen LogP contribution >= 0.6 is 0 Å². The second-order valence-electron chi connectivity index (χ2n) is 10.8. The first-order valence-electron chi connectivity index (χ1n) is 14.8. The number of benzene rings is 2. The second kappa shape index (κ2) is 15.5. The molecule has 1 aliphatic rings. The van der Waals surface area contributed by atoms with E-state index in [1.54, 1.807) is 30.3 Å². The van der Waals surface area contributed by atoms with E-state index in [9.17, 15) is 14.4 Å². The van der Waals surface area contributed by atoms with Gasteiger partial charge in [-0.25, -0.2) is 4.98 Å². The fourth-order valence-electron chi connectivity index (χ4n) is 4.68. The number of carbonyl (C=O) groups excluding carboxylic acids is 3. The standard InChI is InChI=1S/C32H41N9O3/c1-4-15-34-30-27(22-35-32(38-30)37-24-13-11-23(12-14-24)29(33)43)31(44)36-25-8-5-9-26(21-25)40-17-7-18-41(20-19-40)28(42)10-6-16-39(2)3/h5-6,8-14,21-22H,4,7,15-20H2,1-3H3,(H2,33,43)(H,36,44)(H2,34,35,37,38). The number of hydrogen-bond donors (Lipinski definition) is 4. The van der Waals surface area contributed by atoms with Gasteiger partial charge >= 0.3 is 0 Å². The normalized spacial score (nSPS) is 13.5. The number of nitrogens with two attached hydrogens (primary N) is 1. The zero-order valence-electron chi connectivity index (χ0n) is 25.5. The molecule has 0 radical (unpaired) electrons. The Bertz CT molecular complexity index is 1470. The number of amides is 3. The summed E-state index contributed by atoms with van der Waals surface area (Å²) < 4.78 is 0. The SMILES string of the molecule is CCCNc1nc(Nc2ccc(C(N)=O)cc2)ncc1C(=O)Nc1cccc(N2CCCN(C(=O)C=CCN(C)C)CC2)c1. The summed E-state index contributed by atoms with van der Waals surface area (Å²) in [4.78, 5) is 52.4. The van der Waals surface area contributed by atoms with Gasteiger partial charge in [-0.3, -0.25) is 14.4 Å². The van der Waals surface area contributed by atoms with Gasteiger partial charge in [0.25, 0.3) is 5.91 Å². The molecule has 0 unspecified atom stereocenters. The van der Waals surface area contributed by atoms with Gasteiger partial charge in [0, 0.05) is 74.2 Å². The second-order valence-corrected chi connectivity index (χ2v) is 10.8. The van der Waals surface area contributed by atoms with Crippen LogP contribution in [0, 0.1) is 0 Å². The van der Waals surface area contributed by atoms with Crippen molar-refractivity contribution in [3.05, 3.63) is 78.0 Å². The Labute approximate surface area is 258 Å².